The Morgan fingerprint density at radius 3 is 2.66 bits per heavy atom. The minimum atomic E-state index is -1.03. The quantitative estimate of drug-likeness (QED) is 0.0756. The SMILES string of the molecule is CC(C)(C)OC(=O)N[C@H]1C(=O)N2[C@@H](C(=O)NCCCN=[N+]=[N-])C(CCC(=O)O)=CC(S)[C@@H]12. The van der Waals surface area contributed by atoms with E-state index in [4.69, 9.17) is 15.4 Å². The van der Waals surface area contributed by atoms with Crippen molar-refractivity contribution in [3.8, 4) is 0 Å². The number of fused-ring (bicyclic) bond motifs is 1. The Morgan fingerprint density at radius 1 is 1.38 bits per heavy atom. The van der Waals surface area contributed by atoms with Crippen LogP contribution in [0.5, 0.6) is 0 Å². The summed E-state index contributed by atoms with van der Waals surface area (Å²) >= 11 is 4.51. The first kappa shape index (κ1) is 25.3. The molecule has 2 heterocycles. The Balaban J connectivity index is 2.18. The molecule has 3 N–H and O–H groups in total. The summed E-state index contributed by atoms with van der Waals surface area (Å²) in [7, 11) is 0. The second kappa shape index (κ2) is 10.6. The van der Waals surface area contributed by atoms with E-state index in [1.165, 1.54) is 4.90 Å². The lowest BCUT2D eigenvalue weighted by atomic mass is 9.81. The van der Waals surface area contributed by atoms with Gasteiger partial charge in [0.1, 0.15) is 17.7 Å². The molecule has 1 unspecified atom stereocenters. The fourth-order valence-corrected chi connectivity index (χ4v) is 4.14. The number of azide groups is 1. The molecule has 32 heavy (non-hydrogen) atoms. The van der Waals surface area contributed by atoms with Gasteiger partial charge in [-0.2, -0.15) is 12.6 Å². The standard InChI is InChI=1S/C19H28N6O6S/c1-19(2,3)31-18(30)23-13-15-11(32)9-10(5-6-12(26)27)14(25(15)17(13)29)16(28)21-7-4-8-22-24-20/h9,11,13-15,32H,4-8H2,1-3H3,(H,21,28)(H,23,30)(H,26,27)/t11?,13-,14-,15+/m1/s1. The number of nitrogens with zero attached hydrogens (tertiary/aromatic N) is 4. The van der Waals surface area contributed by atoms with Crippen LogP contribution in [0.15, 0.2) is 16.8 Å². The Morgan fingerprint density at radius 2 is 2.06 bits per heavy atom. The summed E-state index contributed by atoms with van der Waals surface area (Å²) in [6, 6.07) is -2.51. The Kier molecular flexibility index (Phi) is 8.39. The minimum Gasteiger partial charge on any atom is -0.481 e. The van der Waals surface area contributed by atoms with E-state index in [1.54, 1.807) is 26.8 Å². The van der Waals surface area contributed by atoms with Crippen molar-refractivity contribution >= 4 is 36.5 Å². The first-order valence-electron chi connectivity index (χ1n) is 10.2. The van der Waals surface area contributed by atoms with Gasteiger partial charge in [0.25, 0.3) is 0 Å². The smallest absolute Gasteiger partial charge is 0.408 e. The van der Waals surface area contributed by atoms with E-state index in [0.717, 1.165) is 0 Å². The lowest BCUT2D eigenvalue weighted by Gasteiger charge is -2.54. The van der Waals surface area contributed by atoms with Crippen LogP contribution in [0.25, 0.3) is 10.4 Å². The zero-order valence-corrected chi connectivity index (χ0v) is 19.0. The zero-order valence-electron chi connectivity index (χ0n) is 18.1. The van der Waals surface area contributed by atoms with Gasteiger partial charge < -0.3 is 25.4 Å². The topological polar surface area (TPSA) is 174 Å². The molecule has 2 rings (SSSR count). The molecular weight excluding hydrogens is 440 g/mol. The van der Waals surface area contributed by atoms with Crippen LogP contribution in [0.1, 0.15) is 40.0 Å². The highest BCUT2D eigenvalue weighted by molar-refractivity contribution is 7.81. The Bertz CT molecular complexity index is 850. The molecule has 0 aromatic rings. The number of hydrogen-bond acceptors (Lipinski definition) is 7. The van der Waals surface area contributed by atoms with Crippen LogP contribution < -0.4 is 10.6 Å². The third-order valence-corrected chi connectivity index (χ3v) is 5.35. The maximum atomic E-state index is 12.9. The highest BCUT2D eigenvalue weighted by Gasteiger charge is 2.57. The van der Waals surface area contributed by atoms with E-state index >= 15 is 0 Å². The highest BCUT2D eigenvalue weighted by atomic mass is 32.1. The maximum absolute atomic E-state index is 12.9. The summed E-state index contributed by atoms with van der Waals surface area (Å²) in [5.41, 5.74) is 8.05. The highest BCUT2D eigenvalue weighted by Crippen LogP contribution is 2.38. The molecule has 13 heteroatoms. The molecule has 0 aromatic carbocycles. The predicted molar refractivity (Wildman–Crippen MR) is 117 cm³/mol. The molecule has 176 valence electrons. The maximum Gasteiger partial charge on any atom is 0.408 e. The Labute approximate surface area is 190 Å². The van der Waals surface area contributed by atoms with Gasteiger partial charge in [0.15, 0.2) is 0 Å². The van der Waals surface area contributed by atoms with Crippen molar-refractivity contribution in [2.45, 2.75) is 69.0 Å². The van der Waals surface area contributed by atoms with Crippen molar-refractivity contribution in [3.05, 3.63) is 22.1 Å². The number of carboxylic acids is 1. The van der Waals surface area contributed by atoms with Crippen molar-refractivity contribution in [1.29, 1.82) is 0 Å². The predicted octanol–water partition coefficient (Wildman–Crippen LogP) is 1.38. The number of carbonyl (C=O) groups excluding carboxylic acids is 3. The molecule has 1 fully saturated rings. The van der Waals surface area contributed by atoms with Gasteiger partial charge in [-0.15, -0.1) is 0 Å². The average Bonchev–Trinajstić information content (AvgIpc) is 2.68. The summed E-state index contributed by atoms with van der Waals surface area (Å²) in [4.78, 5) is 53.0. The van der Waals surface area contributed by atoms with Gasteiger partial charge in [0.2, 0.25) is 11.8 Å². The number of nitrogens with one attached hydrogen (secondary N) is 2. The van der Waals surface area contributed by atoms with E-state index in [9.17, 15) is 19.2 Å². The molecule has 2 aliphatic heterocycles. The Hall–Kier alpha value is -2.92. The number of amides is 3. The molecule has 0 bridgehead atoms. The molecule has 0 aromatic heterocycles. The lowest BCUT2D eigenvalue weighted by molar-refractivity contribution is -0.158. The number of β-lactam (4-membered cyclic amide) rings is 1. The van der Waals surface area contributed by atoms with Crippen molar-refractivity contribution < 1.29 is 29.0 Å². The van der Waals surface area contributed by atoms with Crippen LogP contribution in [0.2, 0.25) is 0 Å². The van der Waals surface area contributed by atoms with Crippen molar-refractivity contribution in [1.82, 2.24) is 15.5 Å². The molecule has 0 saturated carbocycles. The molecular formula is C19H28N6O6S. The van der Waals surface area contributed by atoms with Gasteiger partial charge in [0, 0.05) is 29.7 Å². The van der Waals surface area contributed by atoms with E-state index in [-0.39, 0.29) is 25.9 Å². The first-order chi connectivity index (χ1) is 15.0. The number of rotatable bonds is 9. The molecule has 1 saturated heterocycles. The number of hydrogen-bond donors (Lipinski definition) is 4. The van der Waals surface area contributed by atoms with Gasteiger partial charge in [0.05, 0.1) is 6.04 Å². The number of alkyl carbamates (subject to hydrolysis) is 1. The van der Waals surface area contributed by atoms with E-state index in [1.807, 2.05) is 0 Å². The summed E-state index contributed by atoms with van der Waals surface area (Å²) in [6.07, 6.45) is 1.19. The summed E-state index contributed by atoms with van der Waals surface area (Å²) in [5, 5.41) is 17.2. The van der Waals surface area contributed by atoms with Crippen molar-refractivity contribution in [2.24, 2.45) is 5.11 Å². The normalized spacial score (nSPS) is 24.3. The van der Waals surface area contributed by atoms with E-state index in [0.29, 0.717) is 12.0 Å². The fourth-order valence-electron chi connectivity index (χ4n) is 3.63. The molecule has 2 aliphatic rings. The van der Waals surface area contributed by atoms with Crippen LogP contribution in [-0.4, -0.2) is 75.9 Å². The average molecular weight is 469 g/mol. The fraction of sp³-hybridized carbons (Fsp3) is 0.684. The molecule has 0 radical (unpaired) electrons. The van der Waals surface area contributed by atoms with Crippen LogP contribution in [-0.2, 0) is 19.1 Å². The van der Waals surface area contributed by atoms with E-state index in [2.05, 4.69) is 33.3 Å². The van der Waals surface area contributed by atoms with Gasteiger partial charge in [-0.1, -0.05) is 11.2 Å². The van der Waals surface area contributed by atoms with Gasteiger partial charge >= 0.3 is 12.1 Å². The number of ether oxygens (including phenoxy) is 1. The van der Waals surface area contributed by atoms with E-state index < -0.39 is 52.9 Å². The zero-order chi connectivity index (χ0) is 24.1. The van der Waals surface area contributed by atoms with Gasteiger partial charge in [-0.05, 0) is 44.7 Å². The summed E-state index contributed by atoms with van der Waals surface area (Å²) in [6.45, 7) is 5.52. The molecule has 0 spiro atoms. The van der Waals surface area contributed by atoms with Crippen molar-refractivity contribution in [2.75, 3.05) is 13.1 Å². The van der Waals surface area contributed by atoms with Crippen LogP contribution in [0.4, 0.5) is 4.79 Å². The second-order valence-electron chi connectivity index (χ2n) is 8.49. The third kappa shape index (κ3) is 6.30. The number of carboxylic acid groups (broad SMARTS) is 1. The molecule has 12 nitrogen and oxygen atoms in total. The third-order valence-electron chi connectivity index (χ3n) is 4.89. The van der Waals surface area contributed by atoms with Crippen LogP contribution in [0, 0.1) is 0 Å². The summed E-state index contributed by atoms with van der Waals surface area (Å²) < 4.78 is 5.21. The van der Waals surface area contributed by atoms with Gasteiger partial charge in [-0.25, -0.2) is 4.79 Å². The van der Waals surface area contributed by atoms with Crippen LogP contribution in [0.3, 0.4) is 0 Å². The monoisotopic (exact) mass is 468 g/mol. The van der Waals surface area contributed by atoms with Gasteiger partial charge in [-0.3, -0.25) is 14.4 Å². The summed E-state index contributed by atoms with van der Waals surface area (Å²) in [5.74, 6) is -1.98. The second-order valence-corrected chi connectivity index (χ2v) is 9.08. The number of thiol groups is 1. The first-order valence-corrected chi connectivity index (χ1v) is 10.7. The molecule has 3 amide bonds. The number of carbonyl (C=O) groups is 4. The van der Waals surface area contributed by atoms with Crippen molar-refractivity contribution in [3.63, 3.8) is 0 Å². The molecule has 4 atom stereocenters. The largest absolute Gasteiger partial charge is 0.481 e. The number of aliphatic carboxylic acids is 1. The molecule has 0 aliphatic carbocycles. The minimum absolute atomic E-state index is 0.0733. The lowest BCUT2D eigenvalue weighted by Crippen LogP contribution is -2.78. The van der Waals surface area contributed by atoms with Crippen LogP contribution >= 0.6 is 12.6 Å².